The molecule has 3 aromatic rings. The fourth-order valence-corrected chi connectivity index (χ4v) is 8.39. The number of ether oxygens (including phenoxy) is 1. The molecule has 3 N–H and O–H groups in total. The molecule has 1 aliphatic carbocycles. The molecule has 1 saturated heterocycles. The Morgan fingerprint density at radius 3 is 2.40 bits per heavy atom. The highest BCUT2D eigenvalue weighted by molar-refractivity contribution is 7.90. The molecule has 0 unspecified atom stereocenters. The van der Waals surface area contributed by atoms with E-state index in [2.05, 4.69) is 22.3 Å². The Hall–Kier alpha value is -5.05. The molecule has 0 bridgehead atoms. The normalized spacial score (nSPS) is 25.3. The van der Waals surface area contributed by atoms with E-state index in [4.69, 9.17) is 14.9 Å². The Kier molecular flexibility index (Phi) is 11.8. The molecule has 15 heteroatoms. The number of alkyl carbamates (subject to hydrolysis) is 1. The van der Waals surface area contributed by atoms with Crippen molar-refractivity contribution in [1.29, 1.82) is 0 Å². The van der Waals surface area contributed by atoms with Crippen LogP contribution in [-0.4, -0.2) is 81.9 Å². The lowest BCUT2D eigenvalue weighted by molar-refractivity contribution is -0.141. The Bertz CT molecular complexity index is 2010. The molecule has 55 heavy (non-hydrogen) atoms. The van der Waals surface area contributed by atoms with Gasteiger partial charge in [-0.3, -0.25) is 14.4 Å². The minimum Gasteiger partial charge on any atom is -0.444 e. The average molecular weight is 774 g/mol. The second-order valence-electron chi connectivity index (χ2n) is 15.6. The smallest absolute Gasteiger partial charge is 0.408 e. The lowest BCUT2D eigenvalue weighted by Crippen LogP contribution is -2.58. The molecule has 6 rings (SSSR count). The van der Waals surface area contributed by atoms with Crippen LogP contribution in [0.15, 0.2) is 77.7 Å². The number of nitrogens with one attached hydrogen (secondary N) is 3. The molecule has 2 aromatic carbocycles. The summed E-state index contributed by atoms with van der Waals surface area (Å²) >= 11 is 0. The summed E-state index contributed by atoms with van der Waals surface area (Å²) < 4.78 is 34.2. The van der Waals surface area contributed by atoms with E-state index in [1.807, 2.05) is 42.5 Å². The number of benzene rings is 2. The highest BCUT2D eigenvalue weighted by atomic mass is 32.2. The van der Waals surface area contributed by atoms with E-state index >= 15 is 0 Å². The highest BCUT2D eigenvalue weighted by Crippen LogP contribution is 2.46. The molecule has 14 nitrogen and oxygen atoms in total. The van der Waals surface area contributed by atoms with E-state index in [0.717, 1.165) is 36.2 Å². The maximum atomic E-state index is 14.6. The van der Waals surface area contributed by atoms with E-state index in [0.29, 0.717) is 25.7 Å². The number of sulfonamides is 1. The number of allylic oxidation sites excluding steroid dienone is 1. The lowest BCUT2D eigenvalue weighted by atomic mass is 10.0. The van der Waals surface area contributed by atoms with Crippen molar-refractivity contribution in [3.05, 3.63) is 78.5 Å². The Morgan fingerprint density at radius 1 is 1.00 bits per heavy atom. The number of aromatic nitrogens is 3. The monoisotopic (exact) mass is 773 g/mol. The number of hydrogen-bond acceptors (Lipinski definition) is 9. The first-order chi connectivity index (χ1) is 26.2. The number of carbonyl (C=O) groups is 4. The van der Waals surface area contributed by atoms with Crippen molar-refractivity contribution in [3.63, 3.8) is 0 Å². The molecular formula is C40H51N7O7S. The second-order valence-corrected chi connectivity index (χ2v) is 17.3. The van der Waals surface area contributed by atoms with E-state index in [1.54, 1.807) is 43.8 Å². The molecule has 5 atom stereocenters. The summed E-state index contributed by atoms with van der Waals surface area (Å²) in [6.45, 7) is 7.32. The van der Waals surface area contributed by atoms with Gasteiger partial charge in [-0.25, -0.2) is 17.9 Å². The maximum Gasteiger partial charge on any atom is 0.408 e. The molecule has 4 amide bonds. The number of aryl methyl sites for hydroxylation is 1. The van der Waals surface area contributed by atoms with Crippen LogP contribution < -0.4 is 15.4 Å². The topological polar surface area (TPSA) is 182 Å². The average Bonchev–Trinajstić information content (AvgIpc) is 3.43. The van der Waals surface area contributed by atoms with Crippen molar-refractivity contribution in [1.82, 2.24) is 35.2 Å². The molecule has 2 fully saturated rings. The molecule has 2 aliphatic heterocycles. The molecule has 3 heterocycles. The third-order valence-corrected chi connectivity index (χ3v) is 11.5. The summed E-state index contributed by atoms with van der Waals surface area (Å²) in [6.07, 6.45) is 8.03. The fourth-order valence-electron chi connectivity index (χ4n) is 7.33. The summed E-state index contributed by atoms with van der Waals surface area (Å²) in [5.74, 6) is -2.41. The van der Waals surface area contributed by atoms with E-state index < -0.39 is 69.0 Å². The van der Waals surface area contributed by atoms with Crippen LogP contribution in [0, 0.1) is 5.92 Å². The zero-order valence-corrected chi connectivity index (χ0v) is 32.7. The van der Waals surface area contributed by atoms with Gasteiger partial charge in [-0.2, -0.15) is 15.0 Å². The largest absolute Gasteiger partial charge is 0.444 e. The minimum absolute atomic E-state index is 0.0583. The van der Waals surface area contributed by atoms with Gasteiger partial charge in [0.05, 0.1) is 16.6 Å². The van der Waals surface area contributed by atoms with E-state index in [-0.39, 0.29) is 24.3 Å². The maximum absolute atomic E-state index is 14.6. The SMILES string of the molecule is CCCc1nn([C@@H]2C[C@H]3C(=O)N[C@]4(C(=O)NS(=O)(=O)c5ccccc5)C[C@H]4/C=C/CCCCC[C@@H](NC(=O)OC(C)(C)C)C(=O)N3C2)nc1-c1ccccc1. The van der Waals surface area contributed by atoms with Gasteiger partial charge < -0.3 is 20.3 Å². The van der Waals surface area contributed by atoms with Gasteiger partial charge in [0, 0.05) is 24.4 Å². The third kappa shape index (κ3) is 9.26. The van der Waals surface area contributed by atoms with Crippen LogP contribution in [0.2, 0.25) is 0 Å². The summed E-state index contributed by atoms with van der Waals surface area (Å²) in [4.78, 5) is 59.0. The Labute approximate surface area is 322 Å². The second kappa shape index (κ2) is 16.4. The van der Waals surface area contributed by atoms with Gasteiger partial charge >= 0.3 is 6.09 Å². The van der Waals surface area contributed by atoms with Gasteiger partial charge in [-0.1, -0.05) is 86.9 Å². The molecule has 294 valence electrons. The standard InChI is InChI=1S/C40H51N7O7S/c1-5-17-31-34(27-18-11-9-12-19-27)44-47(43-31)29-24-33-35(48)42-40(37(50)45-55(52,53)30-21-14-10-15-22-30)25-28(40)20-13-7-6-8-16-23-32(36(49)46(33)26-29)41-38(51)54-39(2,3)4/h9-15,18-22,28-29,32-33H,5-8,16-17,23-26H2,1-4H3,(H,41,51)(H,42,48)(H,45,50)/b20-13+/t28-,29-,32-,33+,40-/m1/s1. The van der Waals surface area contributed by atoms with Crippen LogP contribution in [0.1, 0.15) is 90.8 Å². The molecule has 0 spiro atoms. The van der Waals surface area contributed by atoms with Crippen LogP contribution >= 0.6 is 0 Å². The molecule has 1 saturated carbocycles. The number of fused-ring (bicyclic) bond motifs is 2. The molecule has 1 aromatic heterocycles. The van der Waals surface area contributed by atoms with Gasteiger partial charge in [0.2, 0.25) is 11.8 Å². The van der Waals surface area contributed by atoms with Crippen molar-refractivity contribution in [2.24, 2.45) is 5.92 Å². The first-order valence-corrected chi connectivity index (χ1v) is 20.6. The van der Waals surface area contributed by atoms with Crippen LogP contribution in [-0.2, 0) is 35.6 Å². The van der Waals surface area contributed by atoms with Crippen molar-refractivity contribution in [3.8, 4) is 11.3 Å². The summed E-state index contributed by atoms with van der Waals surface area (Å²) in [5.41, 5.74) is 0.0423. The van der Waals surface area contributed by atoms with Gasteiger partial charge in [0.15, 0.2) is 0 Å². The van der Waals surface area contributed by atoms with E-state index in [1.165, 1.54) is 17.0 Å². The Balaban J connectivity index is 1.34. The molecule has 3 aliphatic rings. The zero-order chi connectivity index (χ0) is 39.4. The highest BCUT2D eigenvalue weighted by Gasteiger charge is 2.61. The first-order valence-electron chi connectivity index (χ1n) is 19.1. The minimum atomic E-state index is -4.25. The van der Waals surface area contributed by atoms with Gasteiger partial charge in [-0.15, -0.1) is 0 Å². The van der Waals surface area contributed by atoms with Crippen molar-refractivity contribution in [2.45, 2.75) is 120 Å². The number of rotatable bonds is 8. The number of carbonyl (C=O) groups excluding carboxylic acids is 4. The van der Waals surface area contributed by atoms with Gasteiger partial charge in [0.1, 0.15) is 28.9 Å². The summed E-state index contributed by atoms with van der Waals surface area (Å²) in [6, 6.07) is 14.6. The summed E-state index contributed by atoms with van der Waals surface area (Å²) in [7, 11) is -4.25. The van der Waals surface area contributed by atoms with Crippen molar-refractivity contribution < 1.29 is 32.3 Å². The lowest BCUT2D eigenvalue weighted by Gasteiger charge is -2.30. The number of amides is 4. The number of nitrogens with zero attached hydrogens (tertiary/aromatic N) is 4. The first kappa shape index (κ1) is 39.6. The quantitative estimate of drug-likeness (QED) is 0.270. The van der Waals surface area contributed by atoms with Crippen LogP contribution in [0.5, 0.6) is 0 Å². The molecular weight excluding hydrogens is 723 g/mol. The van der Waals surface area contributed by atoms with E-state index in [9.17, 15) is 27.6 Å². The van der Waals surface area contributed by atoms with Gasteiger partial charge in [-0.05, 0) is 65.0 Å². The van der Waals surface area contributed by atoms with Crippen LogP contribution in [0.25, 0.3) is 11.3 Å². The molecule has 0 radical (unpaired) electrons. The van der Waals surface area contributed by atoms with Crippen molar-refractivity contribution >= 4 is 33.8 Å². The van der Waals surface area contributed by atoms with Crippen LogP contribution in [0.4, 0.5) is 4.79 Å². The zero-order valence-electron chi connectivity index (χ0n) is 31.9. The number of hydrogen-bond donors (Lipinski definition) is 3. The van der Waals surface area contributed by atoms with Crippen molar-refractivity contribution in [2.75, 3.05) is 6.54 Å². The van der Waals surface area contributed by atoms with Gasteiger partial charge in [0.25, 0.3) is 15.9 Å². The summed E-state index contributed by atoms with van der Waals surface area (Å²) in [5, 5.41) is 15.4. The van der Waals surface area contributed by atoms with Crippen LogP contribution in [0.3, 0.4) is 0 Å². The predicted octanol–water partition coefficient (Wildman–Crippen LogP) is 4.83. The fraction of sp³-hybridized carbons (Fsp3) is 0.500. The third-order valence-electron chi connectivity index (χ3n) is 10.2. The predicted molar refractivity (Wildman–Crippen MR) is 205 cm³/mol. The Morgan fingerprint density at radius 2 is 1.71 bits per heavy atom.